The molecule has 0 heterocycles. The van der Waals surface area contributed by atoms with Crippen molar-refractivity contribution in [1.29, 1.82) is 0 Å². The van der Waals surface area contributed by atoms with E-state index < -0.39 is 0 Å². The van der Waals surface area contributed by atoms with E-state index in [1.807, 2.05) is 19.1 Å². The zero-order valence-corrected chi connectivity index (χ0v) is 12.0. The van der Waals surface area contributed by atoms with Crippen LogP contribution >= 0.6 is 0 Å². The number of ether oxygens (including phenoxy) is 1. The Kier molecular flexibility index (Phi) is 6.36. The van der Waals surface area contributed by atoms with Gasteiger partial charge in [-0.1, -0.05) is 26.0 Å². The van der Waals surface area contributed by atoms with Gasteiger partial charge in [-0.15, -0.1) is 0 Å². The molecule has 0 saturated carbocycles. The SMILES string of the molecule is CCC(C)c1ccc(OC(C)CCC(=O)NN)cc1. The summed E-state index contributed by atoms with van der Waals surface area (Å²) >= 11 is 0. The van der Waals surface area contributed by atoms with Crippen molar-refractivity contribution in [3.63, 3.8) is 0 Å². The maximum atomic E-state index is 11.0. The Bertz CT molecular complexity index is 390. The standard InChI is InChI=1S/C15H24N2O2/c1-4-11(2)13-6-8-14(9-7-13)19-12(3)5-10-15(18)17-16/h6-9,11-12H,4-5,10,16H2,1-3H3,(H,17,18). The maximum Gasteiger partial charge on any atom is 0.234 e. The van der Waals surface area contributed by atoms with E-state index in [4.69, 9.17) is 10.6 Å². The molecule has 2 unspecified atom stereocenters. The lowest BCUT2D eigenvalue weighted by molar-refractivity contribution is -0.121. The molecule has 0 fully saturated rings. The Hall–Kier alpha value is -1.55. The average Bonchev–Trinajstić information content (AvgIpc) is 2.44. The van der Waals surface area contributed by atoms with E-state index >= 15 is 0 Å². The molecule has 4 nitrogen and oxygen atoms in total. The van der Waals surface area contributed by atoms with Gasteiger partial charge in [-0.2, -0.15) is 0 Å². The fraction of sp³-hybridized carbons (Fsp3) is 0.533. The van der Waals surface area contributed by atoms with Crippen LogP contribution in [0.5, 0.6) is 5.75 Å². The summed E-state index contributed by atoms with van der Waals surface area (Å²) in [5.74, 6) is 6.27. The number of amides is 1. The molecule has 0 bridgehead atoms. The average molecular weight is 264 g/mol. The van der Waals surface area contributed by atoms with Gasteiger partial charge in [0.15, 0.2) is 0 Å². The highest BCUT2D eigenvalue weighted by Gasteiger charge is 2.08. The van der Waals surface area contributed by atoms with Gasteiger partial charge in [0.05, 0.1) is 6.10 Å². The van der Waals surface area contributed by atoms with Gasteiger partial charge < -0.3 is 4.74 Å². The second kappa shape index (κ2) is 7.79. The van der Waals surface area contributed by atoms with Gasteiger partial charge in [-0.05, 0) is 43.4 Å². The molecule has 0 aliphatic heterocycles. The zero-order valence-electron chi connectivity index (χ0n) is 12.0. The lowest BCUT2D eigenvalue weighted by atomic mass is 9.99. The number of hydrazine groups is 1. The number of rotatable bonds is 7. The summed E-state index contributed by atoms with van der Waals surface area (Å²) in [6.07, 6.45) is 2.15. The summed E-state index contributed by atoms with van der Waals surface area (Å²) in [6.45, 7) is 6.34. The third kappa shape index (κ3) is 5.30. The Balaban J connectivity index is 2.46. The van der Waals surface area contributed by atoms with Gasteiger partial charge in [0.1, 0.15) is 5.75 Å². The lowest BCUT2D eigenvalue weighted by Crippen LogP contribution is -2.30. The maximum absolute atomic E-state index is 11.0. The molecule has 106 valence electrons. The van der Waals surface area contributed by atoms with Crippen LogP contribution in [0.4, 0.5) is 0 Å². The van der Waals surface area contributed by atoms with Crippen LogP contribution in [0.2, 0.25) is 0 Å². The van der Waals surface area contributed by atoms with E-state index in [2.05, 4.69) is 31.4 Å². The number of nitrogens with one attached hydrogen (secondary N) is 1. The minimum Gasteiger partial charge on any atom is -0.491 e. The molecule has 1 aromatic carbocycles. The summed E-state index contributed by atoms with van der Waals surface area (Å²) in [7, 11) is 0. The van der Waals surface area contributed by atoms with Crippen LogP contribution in [-0.2, 0) is 4.79 Å². The fourth-order valence-corrected chi connectivity index (χ4v) is 1.81. The molecular weight excluding hydrogens is 240 g/mol. The number of carbonyl (C=O) groups excluding carboxylic acids is 1. The first-order valence-electron chi connectivity index (χ1n) is 6.82. The third-order valence-corrected chi connectivity index (χ3v) is 3.34. The van der Waals surface area contributed by atoms with Gasteiger partial charge in [-0.25, -0.2) is 5.84 Å². The topological polar surface area (TPSA) is 64.3 Å². The number of hydrogen-bond acceptors (Lipinski definition) is 3. The Morgan fingerprint density at radius 3 is 2.47 bits per heavy atom. The Morgan fingerprint density at radius 2 is 1.95 bits per heavy atom. The highest BCUT2D eigenvalue weighted by Crippen LogP contribution is 2.22. The first-order valence-corrected chi connectivity index (χ1v) is 6.82. The summed E-state index contributed by atoms with van der Waals surface area (Å²) in [4.78, 5) is 11.0. The third-order valence-electron chi connectivity index (χ3n) is 3.34. The van der Waals surface area contributed by atoms with Crippen molar-refractivity contribution >= 4 is 5.91 Å². The van der Waals surface area contributed by atoms with Crippen LogP contribution in [0.3, 0.4) is 0 Å². The molecule has 0 aliphatic rings. The van der Waals surface area contributed by atoms with Crippen LogP contribution < -0.4 is 16.0 Å². The molecule has 3 N–H and O–H groups in total. The first kappa shape index (κ1) is 15.5. The molecule has 1 amide bonds. The second-order valence-corrected chi connectivity index (χ2v) is 4.91. The molecule has 0 radical (unpaired) electrons. The van der Waals surface area contributed by atoms with Gasteiger partial charge in [-0.3, -0.25) is 10.2 Å². The van der Waals surface area contributed by atoms with Gasteiger partial charge in [0.25, 0.3) is 0 Å². The molecule has 0 saturated heterocycles. The van der Waals surface area contributed by atoms with Crippen molar-refractivity contribution < 1.29 is 9.53 Å². The predicted octanol–water partition coefficient (Wildman–Crippen LogP) is 2.74. The first-order chi connectivity index (χ1) is 9.06. The minimum atomic E-state index is -0.164. The smallest absolute Gasteiger partial charge is 0.234 e. The number of nitrogens with two attached hydrogens (primary N) is 1. The molecule has 0 aliphatic carbocycles. The van der Waals surface area contributed by atoms with Crippen LogP contribution in [0.15, 0.2) is 24.3 Å². The molecule has 0 spiro atoms. The van der Waals surface area contributed by atoms with Crippen molar-refractivity contribution in [2.75, 3.05) is 0 Å². The van der Waals surface area contributed by atoms with Crippen LogP contribution in [-0.4, -0.2) is 12.0 Å². The van der Waals surface area contributed by atoms with Crippen molar-refractivity contribution in [2.24, 2.45) is 5.84 Å². The minimum absolute atomic E-state index is 0.00764. The quantitative estimate of drug-likeness (QED) is 0.452. The highest BCUT2D eigenvalue weighted by molar-refractivity contribution is 5.75. The van der Waals surface area contributed by atoms with Gasteiger partial charge in [0, 0.05) is 6.42 Å². The van der Waals surface area contributed by atoms with Crippen molar-refractivity contribution in [3.8, 4) is 5.75 Å². The predicted molar refractivity (Wildman–Crippen MR) is 76.8 cm³/mol. The van der Waals surface area contributed by atoms with E-state index in [-0.39, 0.29) is 12.0 Å². The summed E-state index contributed by atoms with van der Waals surface area (Å²) in [5.41, 5.74) is 3.44. The molecule has 0 aromatic heterocycles. The summed E-state index contributed by atoms with van der Waals surface area (Å²) in [5, 5.41) is 0. The van der Waals surface area contributed by atoms with E-state index in [0.29, 0.717) is 18.8 Å². The molecule has 19 heavy (non-hydrogen) atoms. The van der Waals surface area contributed by atoms with E-state index in [0.717, 1.165) is 12.2 Å². The van der Waals surface area contributed by atoms with E-state index in [1.165, 1.54) is 5.56 Å². The number of hydrogen-bond donors (Lipinski definition) is 2. The van der Waals surface area contributed by atoms with Gasteiger partial charge >= 0.3 is 0 Å². The summed E-state index contributed by atoms with van der Waals surface area (Å²) < 4.78 is 5.76. The number of benzene rings is 1. The highest BCUT2D eigenvalue weighted by atomic mass is 16.5. The normalized spacial score (nSPS) is 13.7. The lowest BCUT2D eigenvalue weighted by Gasteiger charge is -2.15. The van der Waals surface area contributed by atoms with Crippen molar-refractivity contribution in [1.82, 2.24) is 5.43 Å². The van der Waals surface area contributed by atoms with E-state index in [9.17, 15) is 4.79 Å². The van der Waals surface area contributed by atoms with E-state index in [1.54, 1.807) is 0 Å². The Morgan fingerprint density at radius 1 is 1.32 bits per heavy atom. The largest absolute Gasteiger partial charge is 0.491 e. The van der Waals surface area contributed by atoms with Crippen molar-refractivity contribution in [2.45, 2.75) is 52.1 Å². The van der Waals surface area contributed by atoms with Crippen LogP contribution in [0.25, 0.3) is 0 Å². The van der Waals surface area contributed by atoms with Crippen molar-refractivity contribution in [3.05, 3.63) is 29.8 Å². The zero-order chi connectivity index (χ0) is 14.3. The van der Waals surface area contributed by atoms with Gasteiger partial charge in [0.2, 0.25) is 5.91 Å². The number of carbonyl (C=O) groups is 1. The Labute approximate surface area is 115 Å². The second-order valence-electron chi connectivity index (χ2n) is 4.91. The van der Waals surface area contributed by atoms with Crippen LogP contribution in [0, 0.1) is 0 Å². The fourth-order valence-electron chi connectivity index (χ4n) is 1.81. The summed E-state index contributed by atoms with van der Waals surface area (Å²) in [6, 6.07) is 8.17. The molecule has 1 rings (SSSR count). The molecule has 4 heteroatoms. The van der Waals surface area contributed by atoms with Crippen LogP contribution in [0.1, 0.15) is 51.5 Å². The molecular formula is C15H24N2O2. The molecule has 2 atom stereocenters. The molecule has 1 aromatic rings. The monoisotopic (exact) mass is 264 g/mol.